The first-order valence-corrected chi connectivity index (χ1v) is 13.5. The summed E-state index contributed by atoms with van der Waals surface area (Å²) in [7, 11) is 0. The summed E-state index contributed by atoms with van der Waals surface area (Å²) in [6.07, 6.45) is 7.44. The molecule has 2 spiro atoms. The predicted molar refractivity (Wildman–Crippen MR) is 136 cm³/mol. The summed E-state index contributed by atoms with van der Waals surface area (Å²) in [5.41, 5.74) is 8.30. The monoisotopic (exact) mass is 460 g/mol. The highest BCUT2D eigenvalue weighted by molar-refractivity contribution is 5.40. The van der Waals surface area contributed by atoms with Gasteiger partial charge in [0.15, 0.2) is 0 Å². The third kappa shape index (κ3) is 3.74. The molecule has 4 aliphatic rings. The Morgan fingerprint density at radius 2 is 1.18 bits per heavy atom. The molecule has 4 heterocycles. The van der Waals surface area contributed by atoms with E-state index in [1.807, 2.05) is 0 Å². The van der Waals surface area contributed by atoms with Gasteiger partial charge in [-0.3, -0.25) is 9.80 Å². The van der Waals surface area contributed by atoms with Crippen molar-refractivity contribution in [3.05, 3.63) is 69.8 Å². The van der Waals surface area contributed by atoms with Crippen LogP contribution in [0.5, 0.6) is 0 Å². The number of benzene rings is 2. The van der Waals surface area contributed by atoms with Crippen LogP contribution in [0.2, 0.25) is 0 Å². The molecule has 4 heteroatoms. The minimum atomic E-state index is -0.0538. The average molecular weight is 461 g/mol. The molecule has 0 atom stereocenters. The van der Waals surface area contributed by atoms with E-state index in [-0.39, 0.29) is 11.2 Å². The van der Waals surface area contributed by atoms with Gasteiger partial charge in [0.2, 0.25) is 0 Å². The minimum Gasteiger partial charge on any atom is -0.365 e. The molecule has 4 nitrogen and oxygen atoms in total. The van der Waals surface area contributed by atoms with E-state index in [2.05, 4.69) is 67.0 Å². The molecular formula is C30H40N2O2. The van der Waals surface area contributed by atoms with Crippen LogP contribution in [0.1, 0.15) is 78.8 Å². The Morgan fingerprint density at radius 3 is 1.59 bits per heavy atom. The number of ether oxygens (including phenoxy) is 2. The second-order valence-corrected chi connectivity index (χ2v) is 11.2. The summed E-state index contributed by atoms with van der Waals surface area (Å²) in [6.45, 7) is 12.8. The van der Waals surface area contributed by atoms with E-state index in [9.17, 15) is 0 Å². The van der Waals surface area contributed by atoms with E-state index in [1.165, 1.54) is 46.2 Å². The number of aryl methyl sites for hydroxylation is 2. The first-order valence-electron chi connectivity index (χ1n) is 13.5. The maximum absolute atomic E-state index is 6.49. The second-order valence-electron chi connectivity index (χ2n) is 11.2. The molecule has 6 rings (SSSR count). The molecule has 0 aromatic heterocycles. The lowest BCUT2D eigenvalue weighted by atomic mass is 9.82. The minimum absolute atomic E-state index is 0.0538. The Kier molecular flexibility index (Phi) is 5.84. The summed E-state index contributed by atoms with van der Waals surface area (Å²) in [5.74, 6) is 0. The fourth-order valence-electron chi connectivity index (χ4n) is 7.21. The number of rotatable bonds is 4. The van der Waals surface area contributed by atoms with E-state index in [0.717, 1.165) is 65.1 Å². The molecule has 0 aliphatic carbocycles. The molecule has 0 saturated carbocycles. The molecule has 2 saturated heterocycles. The Bertz CT molecular complexity index is 966. The number of hydrogen-bond acceptors (Lipinski definition) is 4. The van der Waals surface area contributed by atoms with Crippen molar-refractivity contribution in [1.82, 2.24) is 9.80 Å². The van der Waals surface area contributed by atoms with Gasteiger partial charge in [-0.25, -0.2) is 0 Å². The van der Waals surface area contributed by atoms with Gasteiger partial charge in [0.25, 0.3) is 0 Å². The number of hydrogen-bond donors (Lipinski definition) is 0. The van der Waals surface area contributed by atoms with Crippen LogP contribution >= 0.6 is 0 Å². The topological polar surface area (TPSA) is 24.9 Å². The van der Waals surface area contributed by atoms with Crippen molar-refractivity contribution in [1.29, 1.82) is 0 Å². The molecule has 0 radical (unpaired) electrons. The SMILES string of the molecule is CCCC(N1CCC2(CC1)OCc1cc(C)ccc12)N1CCC2(CC1)OCc1cc(C)ccc12. The average Bonchev–Trinajstić information content (AvgIpc) is 3.37. The van der Waals surface area contributed by atoms with Gasteiger partial charge in [-0.1, -0.05) is 60.9 Å². The summed E-state index contributed by atoms with van der Waals surface area (Å²) in [4.78, 5) is 5.52. The summed E-state index contributed by atoms with van der Waals surface area (Å²) < 4.78 is 13.0. The fraction of sp³-hybridized carbons (Fsp3) is 0.600. The number of likely N-dealkylation sites (tertiary alicyclic amines) is 2. The smallest absolute Gasteiger partial charge is 0.0963 e. The first kappa shape index (κ1) is 22.7. The van der Waals surface area contributed by atoms with Gasteiger partial charge >= 0.3 is 0 Å². The number of piperidine rings is 2. The second kappa shape index (κ2) is 8.74. The maximum atomic E-state index is 6.49. The molecule has 0 amide bonds. The van der Waals surface area contributed by atoms with Crippen LogP contribution in [0, 0.1) is 13.8 Å². The molecular weight excluding hydrogens is 420 g/mol. The van der Waals surface area contributed by atoms with Gasteiger partial charge < -0.3 is 9.47 Å². The zero-order valence-electron chi connectivity index (χ0n) is 21.2. The van der Waals surface area contributed by atoms with Crippen molar-refractivity contribution in [3.63, 3.8) is 0 Å². The highest BCUT2D eigenvalue weighted by atomic mass is 16.5. The molecule has 2 aromatic carbocycles. The van der Waals surface area contributed by atoms with Gasteiger partial charge in [-0.15, -0.1) is 0 Å². The molecule has 4 aliphatic heterocycles. The quantitative estimate of drug-likeness (QED) is 0.578. The molecule has 2 aromatic rings. The lowest BCUT2D eigenvalue weighted by molar-refractivity contribution is -0.119. The van der Waals surface area contributed by atoms with Gasteiger partial charge in [0.1, 0.15) is 0 Å². The summed E-state index contributed by atoms with van der Waals surface area (Å²) in [5, 5.41) is 0. The Hall–Kier alpha value is -1.72. The van der Waals surface area contributed by atoms with Crippen LogP contribution in [-0.4, -0.2) is 42.1 Å². The van der Waals surface area contributed by atoms with Gasteiger partial charge in [-0.05, 0) is 68.2 Å². The molecule has 182 valence electrons. The van der Waals surface area contributed by atoms with Crippen LogP contribution in [0.25, 0.3) is 0 Å². The van der Waals surface area contributed by atoms with E-state index >= 15 is 0 Å². The zero-order chi connectivity index (χ0) is 23.3. The third-order valence-corrected chi connectivity index (χ3v) is 9.11. The third-order valence-electron chi connectivity index (χ3n) is 9.11. The molecule has 0 N–H and O–H groups in total. The van der Waals surface area contributed by atoms with Crippen LogP contribution in [0.3, 0.4) is 0 Å². The van der Waals surface area contributed by atoms with E-state index in [1.54, 1.807) is 0 Å². The maximum Gasteiger partial charge on any atom is 0.0963 e. The summed E-state index contributed by atoms with van der Waals surface area (Å²) >= 11 is 0. The highest BCUT2D eigenvalue weighted by Gasteiger charge is 2.46. The van der Waals surface area contributed by atoms with Crippen LogP contribution in [-0.2, 0) is 33.9 Å². The molecule has 0 bridgehead atoms. The van der Waals surface area contributed by atoms with Crippen molar-refractivity contribution in [2.75, 3.05) is 26.2 Å². The van der Waals surface area contributed by atoms with Gasteiger partial charge in [0.05, 0.1) is 30.6 Å². The first-order chi connectivity index (χ1) is 16.5. The van der Waals surface area contributed by atoms with Crippen LogP contribution < -0.4 is 0 Å². The number of fused-ring (bicyclic) bond motifs is 4. The van der Waals surface area contributed by atoms with E-state index in [0.29, 0.717) is 6.17 Å². The van der Waals surface area contributed by atoms with Crippen molar-refractivity contribution in [2.45, 2.75) is 89.9 Å². The van der Waals surface area contributed by atoms with Crippen molar-refractivity contribution >= 4 is 0 Å². The predicted octanol–water partition coefficient (Wildman–Crippen LogP) is 5.77. The normalized spacial score (nSPS) is 23.6. The Balaban J connectivity index is 1.13. The van der Waals surface area contributed by atoms with Crippen LogP contribution in [0.15, 0.2) is 36.4 Å². The van der Waals surface area contributed by atoms with Gasteiger partial charge in [0, 0.05) is 26.2 Å². The molecule has 34 heavy (non-hydrogen) atoms. The van der Waals surface area contributed by atoms with E-state index in [4.69, 9.17) is 9.47 Å². The fourth-order valence-corrected chi connectivity index (χ4v) is 7.21. The largest absolute Gasteiger partial charge is 0.365 e. The van der Waals surface area contributed by atoms with Crippen molar-refractivity contribution < 1.29 is 9.47 Å². The van der Waals surface area contributed by atoms with Crippen molar-refractivity contribution in [2.24, 2.45) is 0 Å². The van der Waals surface area contributed by atoms with Gasteiger partial charge in [-0.2, -0.15) is 0 Å². The Morgan fingerprint density at radius 1 is 0.735 bits per heavy atom. The van der Waals surface area contributed by atoms with E-state index < -0.39 is 0 Å². The summed E-state index contributed by atoms with van der Waals surface area (Å²) in [6, 6.07) is 13.8. The Labute approximate surface area is 205 Å². The highest BCUT2D eigenvalue weighted by Crippen LogP contribution is 2.47. The number of nitrogens with zero attached hydrogens (tertiary/aromatic N) is 2. The molecule has 0 unspecified atom stereocenters. The zero-order valence-corrected chi connectivity index (χ0v) is 21.2. The lowest BCUT2D eigenvalue weighted by Crippen LogP contribution is -2.56. The lowest BCUT2D eigenvalue weighted by Gasteiger charge is -2.49. The van der Waals surface area contributed by atoms with Crippen LogP contribution in [0.4, 0.5) is 0 Å². The standard InChI is InChI=1S/C30H40N2O2/c1-4-5-28(31-14-10-29(11-15-31)26-8-6-22(2)18-24(26)20-33-29)32-16-12-30(13-17-32)27-9-7-23(3)19-25(27)21-34-30/h6-9,18-19,28H,4-5,10-17,20-21H2,1-3H3. The van der Waals surface area contributed by atoms with Crippen molar-refractivity contribution in [3.8, 4) is 0 Å². The molecule has 2 fully saturated rings.